The van der Waals surface area contributed by atoms with Gasteiger partial charge in [-0.05, 0) is 80.0 Å². The molecule has 172 valence electrons. The maximum Gasteiger partial charge on any atom is 0.224 e. The van der Waals surface area contributed by atoms with Gasteiger partial charge in [-0.3, -0.25) is 4.79 Å². The van der Waals surface area contributed by atoms with Crippen molar-refractivity contribution in [2.45, 2.75) is 51.5 Å². The highest BCUT2D eigenvalue weighted by molar-refractivity contribution is 5.90. The Kier molecular flexibility index (Phi) is 9.64. The van der Waals surface area contributed by atoms with Crippen molar-refractivity contribution in [1.29, 1.82) is 0 Å². The molecule has 0 radical (unpaired) electrons. The van der Waals surface area contributed by atoms with Gasteiger partial charge in [-0.25, -0.2) is 0 Å². The molecular formula is C28H32N2O3. The summed E-state index contributed by atoms with van der Waals surface area (Å²) in [6.45, 7) is 2.45. The number of benzene rings is 3. The van der Waals surface area contributed by atoms with Gasteiger partial charge in [-0.1, -0.05) is 59.8 Å². The number of unbranched alkanes of at least 4 members (excludes halogenated alkanes) is 2. The molecule has 0 saturated carbocycles. The number of nitrogens with one attached hydrogen (secondary N) is 1. The molecule has 33 heavy (non-hydrogen) atoms. The van der Waals surface area contributed by atoms with Crippen molar-refractivity contribution in [3.05, 3.63) is 100 Å². The topological polar surface area (TPSA) is 67.8 Å². The molecule has 0 spiro atoms. The lowest BCUT2D eigenvalue weighted by Gasteiger charge is -2.09. The van der Waals surface area contributed by atoms with Gasteiger partial charge in [0.25, 0.3) is 0 Å². The van der Waals surface area contributed by atoms with Gasteiger partial charge in [0.05, 0.1) is 6.61 Å². The molecule has 1 amide bonds. The second-order valence-electron chi connectivity index (χ2n) is 8.24. The molecule has 3 aromatic rings. The van der Waals surface area contributed by atoms with Crippen LogP contribution in [0.1, 0.15) is 55.3 Å². The molecule has 1 unspecified atom stereocenters. The number of ether oxygens (including phenoxy) is 1. The van der Waals surface area contributed by atoms with E-state index in [-0.39, 0.29) is 5.91 Å². The van der Waals surface area contributed by atoms with Crippen LogP contribution in [0.25, 0.3) is 0 Å². The van der Waals surface area contributed by atoms with E-state index in [0.717, 1.165) is 36.1 Å². The van der Waals surface area contributed by atoms with Crippen molar-refractivity contribution < 1.29 is 9.53 Å². The molecule has 1 N–H and O–H groups in total. The van der Waals surface area contributed by atoms with Crippen LogP contribution in [0.5, 0.6) is 5.75 Å². The number of hydrogen-bond acceptors (Lipinski definition) is 4. The number of carbonyl (C=O) groups excluding carboxylic acids is 1. The fraction of sp³-hybridized carbons (Fsp3) is 0.321. The van der Waals surface area contributed by atoms with Gasteiger partial charge < -0.3 is 10.1 Å². The number of nitrogens with zero attached hydrogens (tertiary/aromatic N) is 1. The van der Waals surface area contributed by atoms with E-state index in [0.29, 0.717) is 25.1 Å². The monoisotopic (exact) mass is 444 g/mol. The van der Waals surface area contributed by atoms with E-state index < -0.39 is 6.04 Å². The summed E-state index contributed by atoms with van der Waals surface area (Å²) in [5.74, 6) is 0.802. The molecule has 0 aliphatic heterocycles. The molecule has 0 bridgehead atoms. The first kappa shape index (κ1) is 24.2. The lowest BCUT2D eigenvalue weighted by atomic mass is 10.1. The molecule has 0 heterocycles. The van der Waals surface area contributed by atoms with Gasteiger partial charge in [-0.2, -0.15) is 4.91 Å². The number of aryl methyl sites for hydroxylation is 2. The molecule has 0 aliphatic rings. The summed E-state index contributed by atoms with van der Waals surface area (Å²) in [5.41, 5.74) is 3.95. The number of nitroso groups, excluding NO2 is 1. The van der Waals surface area contributed by atoms with Crippen LogP contribution >= 0.6 is 0 Å². The fourth-order valence-electron chi connectivity index (χ4n) is 3.61. The predicted octanol–water partition coefficient (Wildman–Crippen LogP) is 6.88. The maximum atomic E-state index is 12.3. The Morgan fingerprint density at radius 2 is 1.64 bits per heavy atom. The zero-order chi connectivity index (χ0) is 23.3. The average Bonchev–Trinajstić information content (AvgIpc) is 2.86. The average molecular weight is 445 g/mol. The number of amides is 1. The summed E-state index contributed by atoms with van der Waals surface area (Å²) >= 11 is 0. The van der Waals surface area contributed by atoms with Crippen molar-refractivity contribution >= 4 is 11.6 Å². The molecule has 5 heteroatoms. The van der Waals surface area contributed by atoms with E-state index in [2.05, 4.69) is 34.8 Å². The lowest BCUT2D eigenvalue weighted by Crippen LogP contribution is -2.12. The van der Waals surface area contributed by atoms with E-state index in [1.54, 1.807) is 13.0 Å². The van der Waals surface area contributed by atoms with Gasteiger partial charge in [0.2, 0.25) is 5.91 Å². The third-order valence-electron chi connectivity index (χ3n) is 5.60. The predicted molar refractivity (Wildman–Crippen MR) is 134 cm³/mol. The van der Waals surface area contributed by atoms with E-state index in [1.165, 1.54) is 12.0 Å². The maximum absolute atomic E-state index is 12.3. The highest BCUT2D eigenvalue weighted by atomic mass is 16.5. The SMILES string of the molecule is CC(N=O)c1cccc(NC(=O)CCc2ccc(OCCCCCc3ccccc3)cc2)c1. The molecule has 0 aromatic heterocycles. The van der Waals surface area contributed by atoms with Crippen molar-refractivity contribution in [2.75, 3.05) is 11.9 Å². The van der Waals surface area contributed by atoms with Crippen LogP contribution in [0, 0.1) is 4.91 Å². The van der Waals surface area contributed by atoms with Crippen LogP contribution in [-0.4, -0.2) is 12.5 Å². The second-order valence-corrected chi connectivity index (χ2v) is 8.24. The minimum atomic E-state index is -0.433. The summed E-state index contributed by atoms with van der Waals surface area (Å²) in [4.78, 5) is 23.0. The number of carbonyl (C=O) groups is 1. The van der Waals surface area contributed by atoms with Crippen LogP contribution in [0.2, 0.25) is 0 Å². The Bertz CT molecular complexity index is 1000. The molecule has 3 rings (SSSR count). The number of hydrogen-bond donors (Lipinski definition) is 1. The van der Waals surface area contributed by atoms with E-state index in [4.69, 9.17) is 4.74 Å². The first-order valence-electron chi connectivity index (χ1n) is 11.6. The largest absolute Gasteiger partial charge is 0.494 e. The Morgan fingerprint density at radius 3 is 2.39 bits per heavy atom. The summed E-state index contributed by atoms with van der Waals surface area (Å²) in [5, 5.41) is 5.92. The molecule has 0 saturated heterocycles. The first-order chi connectivity index (χ1) is 16.1. The summed E-state index contributed by atoms with van der Waals surface area (Å²) in [7, 11) is 0. The Labute approximate surface area is 196 Å². The first-order valence-corrected chi connectivity index (χ1v) is 11.6. The Hall–Kier alpha value is -3.47. The number of anilines is 1. The lowest BCUT2D eigenvalue weighted by molar-refractivity contribution is -0.116. The molecule has 1 atom stereocenters. The Morgan fingerprint density at radius 1 is 0.879 bits per heavy atom. The summed E-state index contributed by atoms with van der Waals surface area (Å²) < 4.78 is 5.85. The summed E-state index contributed by atoms with van der Waals surface area (Å²) in [6.07, 6.45) is 5.51. The second kappa shape index (κ2) is 13.2. The van der Waals surface area contributed by atoms with Crippen molar-refractivity contribution in [1.82, 2.24) is 0 Å². The summed E-state index contributed by atoms with van der Waals surface area (Å²) in [6, 6.07) is 25.3. The standard InChI is InChI=1S/C28H32N2O3/c1-22(30-32)25-12-8-13-26(21-25)29-28(31)19-16-24-14-17-27(18-15-24)33-20-7-3-6-11-23-9-4-2-5-10-23/h2,4-5,8-10,12-15,17-18,21-22H,3,6-7,11,16,19-20H2,1H3,(H,29,31). The van der Waals surface area contributed by atoms with Crippen molar-refractivity contribution in [3.63, 3.8) is 0 Å². The Balaban J connectivity index is 1.33. The molecule has 0 aliphatic carbocycles. The van der Waals surface area contributed by atoms with Gasteiger partial charge in [0, 0.05) is 12.1 Å². The van der Waals surface area contributed by atoms with Gasteiger partial charge in [-0.15, -0.1) is 0 Å². The quantitative estimate of drug-likeness (QED) is 0.231. The van der Waals surface area contributed by atoms with Crippen molar-refractivity contribution in [3.8, 4) is 5.75 Å². The van der Waals surface area contributed by atoms with E-state index >= 15 is 0 Å². The zero-order valence-corrected chi connectivity index (χ0v) is 19.2. The third-order valence-corrected chi connectivity index (χ3v) is 5.60. The molecule has 5 nitrogen and oxygen atoms in total. The van der Waals surface area contributed by atoms with Gasteiger partial charge in [0.1, 0.15) is 11.8 Å². The molecule has 3 aromatic carbocycles. The van der Waals surface area contributed by atoms with Gasteiger partial charge >= 0.3 is 0 Å². The third kappa shape index (κ3) is 8.53. The van der Waals surface area contributed by atoms with Crippen LogP contribution in [0.15, 0.2) is 84.0 Å². The molecule has 0 fully saturated rings. The normalized spacial score (nSPS) is 11.5. The van der Waals surface area contributed by atoms with Crippen LogP contribution in [-0.2, 0) is 17.6 Å². The highest BCUT2D eigenvalue weighted by Gasteiger charge is 2.08. The highest BCUT2D eigenvalue weighted by Crippen LogP contribution is 2.20. The van der Waals surface area contributed by atoms with Crippen LogP contribution in [0.4, 0.5) is 5.69 Å². The van der Waals surface area contributed by atoms with Crippen LogP contribution in [0.3, 0.4) is 0 Å². The minimum absolute atomic E-state index is 0.0605. The van der Waals surface area contributed by atoms with E-state index in [1.807, 2.05) is 48.5 Å². The fourth-order valence-corrected chi connectivity index (χ4v) is 3.61. The zero-order valence-electron chi connectivity index (χ0n) is 19.2. The van der Waals surface area contributed by atoms with Gasteiger partial charge in [0.15, 0.2) is 0 Å². The smallest absolute Gasteiger partial charge is 0.224 e. The van der Waals surface area contributed by atoms with Crippen LogP contribution < -0.4 is 10.1 Å². The van der Waals surface area contributed by atoms with Crippen molar-refractivity contribution in [2.24, 2.45) is 5.18 Å². The van der Waals surface area contributed by atoms with E-state index in [9.17, 15) is 9.70 Å². The molecular weight excluding hydrogens is 412 g/mol. The minimum Gasteiger partial charge on any atom is -0.494 e. The number of rotatable bonds is 13.